The summed E-state index contributed by atoms with van der Waals surface area (Å²) >= 11 is 0. The van der Waals surface area contributed by atoms with Gasteiger partial charge in [0.1, 0.15) is 5.78 Å². The molecule has 2 fully saturated rings. The summed E-state index contributed by atoms with van der Waals surface area (Å²) in [5, 5.41) is 10.8. The van der Waals surface area contributed by atoms with Crippen molar-refractivity contribution >= 4 is 11.8 Å². The summed E-state index contributed by atoms with van der Waals surface area (Å²) in [5.41, 5.74) is 0.109. The van der Waals surface area contributed by atoms with Gasteiger partial charge in [-0.15, -0.1) is 0 Å². The number of carbonyl (C=O) groups is 2. The van der Waals surface area contributed by atoms with E-state index in [2.05, 4.69) is 29.9 Å². The molecule has 5 nitrogen and oxygen atoms in total. The maximum atomic E-state index is 12.5. The molecule has 0 spiro atoms. The van der Waals surface area contributed by atoms with Gasteiger partial charge in [-0.05, 0) is 50.4 Å². The van der Waals surface area contributed by atoms with E-state index in [9.17, 15) is 14.7 Å². The van der Waals surface area contributed by atoms with Crippen molar-refractivity contribution in [3.8, 4) is 0 Å². The van der Waals surface area contributed by atoms with Crippen LogP contribution in [0.2, 0.25) is 0 Å². The normalized spacial score (nSPS) is 26.9. The Morgan fingerprint density at radius 1 is 1.27 bits per heavy atom. The fourth-order valence-corrected chi connectivity index (χ4v) is 5.07. The number of allylic oxidation sites excluding steroid dienone is 2. The molecule has 4 atom stereocenters. The molecule has 0 aliphatic heterocycles. The maximum Gasteiger partial charge on any atom is 0.305 e. The Morgan fingerprint density at radius 2 is 2.03 bits per heavy atom. The van der Waals surface area contributed by atoms with Crippen molar-refractivity contribution in [2.24, 2.45) is 17.3 Å². The average Bonchev–Trinajstić information content (AvgIpc) is 3.01. The van der Waals surface area contributed by atoms with Gasteiger partial charge < -0.3 is 14.6 Å². The monoisotopic (exact) mass is 420 g/mol. The van der Waals surface area contributed by atoms with E-state index in [1.807, 2.05) is 6.08 Å². The highest BCUT2D eigenvalue weighted by Gasteiger charge is 2.42. The molecule has 2 aliphatic rings. The summed E-state index contributed by atoms with van der Waals surface area (Å²) in [4.78, 5) is 23.7. The minimum Gasteiger partial charge on any atom is -0.469 e. The lowest BCUT2D eigenvalue weighted by Gasteiger charge is -2.45. The molecule has 0 heterocycles. The van der Waals surface area contributed by atoms with Crippen molar-refractivity contribution in [2.45, 2.75) is 89.8 Å². The molecule has 0 aromatic rings. The van der Waals surface area contributed by atoms with Gasteiger partial charge in [0.15, 0.2) is 0 Å². The molecular formula is C25H40O5. The largest absolute Gasteiger partial charge is 0.469 e. The first-order chi connectivity index (χ1) is 14.5. The smallest absolute Gasteiger partial charge is 0.305 e. The fourth-order valence-electron chi connectivity index (χ4n) is 5.07. The number of ether oxygens (including phenoxy) is 2. The molecule has 2 aliphatic carbocycles. The third kappa shape index (κ3) is 6.52. The summed E-state index contributed by atoms with van der Waals surface area (Å²) in [6.07, 6.45) is 17.3. The standard InChI is InChI=1S/C25H40O5/c1-4-15-25(16-10-17-25)23(27)13-9-12-20-19(21(26)18-22(20)29-2)11-7-5-6-8-14-24(28)30-3/h5,7,9,12,19-20,22-23,27H,4,6,8,10-11,13-18H2,1-3H3/b7-5-,12-9+/t19-,20-,22-,23?/m1/s1. The predicted octanol–water partition coefficient (Wildman–Crippen LogP) is 4.77. The lowest BCUT2D eigenvalue weighted by molar-refractivity contribution is -0.140. The van der Waals surface area contributed by atoms with E-state index in [4.69, 9.17) is 4.74 Å². The van der Waals surface area contributed by atoms with Crippen LogP contribution in [-0.4, -0.2) is 43.3 Å². The molecule has 0 bridgehead atoms. The number of ketones is 1. The number of esters is 1. The van der Waals surface area contributed by atoms with E-state index in [0.29, 0.717) is 25.7 Å². The minimum absolute atomic E-state index is 0.0536. The van der Waals surface area contributed by atoms with Gasteiger partial charge in [-0.3, -0.25) is 9.59 Å². The van der Waals surface area contributed by atoms with Crippen molar-refractivity contribution in [3.05, 3.63) is 24.3 Å². The lowest BCUT2D eigenvalue weighted by atomic mass is 9.62. The lowest BCUT2D eigenvalue weighted by Crippen LogP contribution is -2.41. The molecule has 1 N–H and O–H groups in total. The number of rotatable bonds is 13. The number of carbonyl (C=O) groups excluding carboxylic acids is 2. The molecule has 0 amide bonds. The average molecular weight is 421 g/mol. The minimum atomic E-state index is -0.297. The topological polar surface area (TPSA) is 72.8 Å². The van der Waals surface area contributed by atoms with E-state index in [-0.39, 0.29) is 41.2 Å². The summed E-state index contributed by atoms with van der Waals surface area (Å²) in [7, 11) is 3.07. The van der Waals surface area contributed by atoms with Crippen LogP contribution in [0.25, 0.3) is 0 Å². The molecule has 2 saturated carbocycles. The van der Waals surface area contributed by atoms with Gasteiger partial charge in [0.05, 0.1) is 19.3 Å². The first-order valence-corrected chi connectivity index (χ1v) is 11.6. The van der Waals surface area contributed by atoms with E-state index in [0.717, 1.165) is 38.5 Å². The molecule has 5 heteroatoms. The Hall–Kier alpha value is -1.46. The van der Waals surface area contributed by atoms with Crippen LogP contribution in [0.5, 0.6) is 0 Å². The van der Waals surface area contributed by atoms with Crippen molar-refractivity contribution < 1.29 is 24.2 Å². The van der Waals surface area contributed by atoms with Crippen LogP contribution in [0.3, 0.4) is 0 Å². The molecule has 0 saturated heterocycles. The number of Topliss-reactive ketones (excluding diaryl/α,β-unsaturated/α-hetero) is 1. The van der Waals surface area contributed by atoms with Crippen LogP contribution in [0.1, 0.15) is 77.6 Å². The molecule has 2 rings (SSSR count). The Kier molecular flexibility index (Phi) is 10.3. The van der Waals surface area contributed by atoms with Crippen LogP contribution in [0, 0.1) is 17.3 Å². The molecular weight excluding hydrogens is 380 g/mol. The predicted molar refractivity (Wildman–Crippen MR) is 118 cm³/mol. The summed E-state index contributed by atoms with van der Waals surface area (Å²) in [5.74, 6) is 0.0384. The fraction of sp³-hybridized carbons (Fsp3) is 0.760. The molecule has 0 radical (unpaired) electrons. The van der Waals surface area contributed by atoms with Gasteiger partial charge in [-0.2, -0.15) is 0 Å². The van der Waals surface area contributed by atoms with Gasteiger partial charge in [0.25, 0.3) is 0 Å². The SMILES string of the molecule is CCCC1(C(O)C/C=C/[C@H]2[C@H](OC)CC(=O)[C@@H]2C/C=C\CCCC(=O)OC)CCC1. The van der Waals surface area contributed by atoms with Crippen LogP contribution >= 0.6 is 0 Å². The summed E-state index contributed by atoms with van der Waals surface area (Å²) in [6, 6.07) is 0. The zero-order valence-corrected chi connectivity index (χ0v) is 19.0. The number of aliphatic hydroxyl groups excluding tert-OH is 1. The van der Waals surface area contributed by atoms with Crippen molar-refractivity contribution in [1.29, 1.82) is 0 Å². The van der Waals surface area contributed by atoms with Gasteiger partial charge in [-0.1, -0.05) is 44.1 Å². The Morgan fingerprint density at radius 3 is 2.63 bits per heavy atom. The van der Waals surface area contributed by atoms with E-state index < -0.39 is 0 Å². The highest BCUT2D eigenvalue weighted by Crippen LogP contribution is 2.48. The second kappa shape index (κ2) is 12.4. The highest BCUT2D eigenvalue weighted by atomic mass is 16.5. The number of aliphatic hydroxyl groups is 1. The number of methoxy groups -OCH3 is 2. The first kappa shape index (κ1) is 24.8. The zero-order chi connectivity index (χ0) is 22.0. The van der Waals surface area contributed by atoms with Crippen LogP contribution in [-0.2, 0) is 19.1 Å². The highest BCUT2D eigenvalue weighted by molar-refractivity contribution is 5.84. The van der Waals surface area contributed by atoms with Gasteiger partial charge in [-0.25, -0.2) is 0 Å². The number of unbranched alkanes of at least 4 members (excludes halogenated alkanes) is 1. The van der Waals surface area contributed by atoms with Crippen LogP contribution < -0.4 is 0 Å². The Bertz CT molecular complexity index is 605. The number of hydrogen-bond acceptors (Lipinski definition) is 5. The van der Waals surface area contributed by atoms with E-state index in [1.54, 1.807) is 7.11 Å². The quantitative estimate of drug-likeness (QED) is 0.264. The zero-order valence-electron chi connectivity index (χ0n) is 19.0. The molecule has 0 aromatic carbocycles. The first-order valence-electron chi connectivity index (χ1n) is 11.6. The molecule has 30 heavy (non-hydrogen) atoms. The molecule has 170 valence electrons. The van der Waals surface area contributed by atoms with Gasteiger partial charge in [0.2, 0.25) is 0 Å². The molecule has 0 aromatic heterocycles. The maximum absolute atomic E-state index is 12.5. The second-order valence-corrected chi connectivity index (χ2v) is 8.95. The summed E-state index contributed by atoms with van der Waals surface area (Å²) < 4.78 is 10.2. The number of hydrogen-bond donors (Lipinski definition) is 1. The summed E-state index contributed by atoms with van der Waals surface area (Å²) in [6.45, 7) is 2.18. The molecule has 1 unspecified atom stereocenters. The van der Waals surface area contributed by atoms with Gasteiger partial charge in [0, 0.05) is 31.8 Å². The Balaban J connectivity index is 1.88. The van der Waals surface area contributed by atoms with Crippen molar-refractivity contribution in [3.63, 3.8) is 0 Å². The van der Waals surface area contributed by atoms with Crippen molar-refractivity contribution in [2.75, 3.05) is 14.2 Å². The van der Waals surface area contributed by atoms with E-state index >= 15 is 0 Å². The Labute approximate surface area is 181 Å². The third-order valence-corrected chi connectivity index (χ3v) is 7.07. The van der Waals surface area contributed by atoms with Crippen molar-refractivity contribution in [1.82, 2.24) is 0 Å². The van der Waals surface area contributed by atoms with Crippen LogP contribution in [0.15, 0.2) is 24.3 Å². The van der Waals surface area contributed by atoms with E-state index in [1.165, 1.54) is 13.5 Å². The second-order valence-electron chi connectivity index (χ2n) is 8.95. The third-order valence-electron chi connectivity index (χ3n) is 7.07. The van der Waals surface area contributed by atoms with Gasteiger partial charge >= 0.3 is 5.97 Å². The van der Waals surface area contributed by atoms with Crippen LogP contribution in [0.4, 0.5) is 0 Å².